The highest BCUT2D eigenvalue weighted by Gasteiger charge is 2.58. The zero-order valence-electron chi connectivity index (χ0n) is 18.7. The molecule has 5 fully saturated rings. The third kappa shape index (κ3) is 2.56. The number of fused-ring (bicyclic) bond motifs is 1. The van der Waals surface area contributed by atoms with E-state index < -0.39 is 0 Å². The molecule has 2 bridgehead atoms. The van der Waals surface area contributed by atoms with Gasteiger partial charge >= 0.3 is 0 Å². The second-order valence-electron chi connectivity index (χ2n) is 10.5. The Bertz CT molecular complexity index is 1190. The van der Waals surface area contributed by atoms with E-state index in [1.807, 2.05) is 17.1 Å². The fraction of sp³-hybridized carbons (Fsp3) is 0.583. The standard InChI is InChI=1S/C24H29ClN6O/c1-16-23(2,15-32-16)29-5-3-28(4-6-29)22-8-21-18(7-20(22)25)12-27-31(21)19-13-26-30(14-19)24-9-17(10-24)11-24/h7-8,12-14,16-17H,3-6,9-11,15H2,1-2H3. The number of benzene rings is 1. The molecule has 168 valence electrons. The minimum atomic E-state index is 0.166. The van der Waals surface area contributed by atoms with Crippen molar-refractivity contribution in [3.05, 3.63) is 35.7 Å². The van der Waals surface area contributed by atoms with Crippen LogP contribution in [-0.4, -0.2) is 68.9 Å². The molecule has 2 saturated heterocycles. The van der Waals surface area contributed by atoms with Gasteiger partial charge in [-0.25, -0.2) is 4.68 Å². The summed E-state index contributed by atoms with van der Waals surface area (Å²) in [5.74, 6) is 0.931. The van der Waals surface area contributed by atoms with E-state index in [9.17, 15) is 0 Å². The average molecular weight is 453 g/mol. The van der Waals surface area contributed by atoms with Gasteiger partial charge in [-0.3, -0.25) is 9.58 Å². The summed E-state index contributed by atoms with van der Waals surface area (Å²) < 4.78 is 9.85. The highest BCUT2D eigenvalue weighted by Crippen LogP contribution is 2.62. The Morgan fingerprint density at radius 1 is 1.06 bits per heavy atom. The summed E-state index contributed by atoms with van der Waals surface area (Å²) in [5, 5.41) is 11.2. The van der Waals surface area contributed by atoms with Crippen molar-refractivity contribution in [2.24, 2.45) is 5.92 Å². The molecule has 1 aromatic carbocycles. The van der Waals surface area contributed by atoms with Crippen molar-refractivity contribution in [1.82, 2.24) is 24.5 Å². The van der Waals surface area contributed by atoms with E-state index in [2.05, 4.69) is 51.8 Å². The molecule has 2 unspecified atom stereocenters. The SMILES string of the molecule is CC1OCC1(C)N1CCN(c2cc3c(cnn3-c3cnn(C45CC(C4)C5)c3)cc2Cl)CC1. The molecule has 0 spiro atoms. The Labute approximate surface area is 192 Å². The Morgan fingerprint density at radius 3 is 2.47 bits per heavy atom. The molecule has 7 nitrogen and oxygen atoms in total. The lowest BCUT2D eigenvalue weighted by Crippen LogP contribution is -2.68. The molecular formula is C24H29ClN6O. The van der Waals surface area contributed by atoms with Gasteiger partial charge in [0.05, 0.1) is 58.6 Å². The minimum Gasteiger partial charge on any atom is -0.374 e. The Morgan fingerprint density at radius 2 is 1.84 bits per heavy atom. The summed E-state index contributed by atoms with van der Waals surface area (Å²) >= 11 is 6.75. The molecule has 3 saturated carbocycles. The van der Waals surface area contributed by atoms with Crippen LogP contribution in [-0.2, 0) is 10.3 Å². The quantitative estimate of drug-likeness (QED) is 0.604. The van der Waals surface area contributed by atoms with E-state index in [0.717, 1.165) is 66.0 Å². The van der Waals surface area contributed by atoms with Crippen molar-refractivity contribution in [3.8, 4) is 5.69 Å². The maximum absolute atomic E-state index is 6.75. The molecule has 8 rings (SSSR count). The minimum absolute atomic E-state index is 0.166. The number of aromatic nitrogens is 4. The summed E-state index contributed by atoms with van der Waals surface area (Å²) in [6, 6.07) is 4.26. The van der Waals surface area contributed by atoms with Gasteiger partial charge in [-0.05, 0) is 51.2 Å². The number of hydrogen-bond acceptors (Lipinski definition) is 5. The van der Waals surface area contributed by atoms with Crippen molar-refractivity contribution in [3.63, 3.8) is 0 Å². The lowest BCUT2D eigenvalue weighted by Gasteiger charge is -2.61. The molecule has 3 aliphatic carbocycles. The first kappa shape index (κ1) is 19.4. The van der Waals surface area contributed by atoms with Crippen LogP contribution < -0.4 is 4.90 Å². The average Bonchev–Trinajstić information content (AvgIpc) is 3.36. The van der Waals surface area contributed by atoms with Crippen molar-refractivity contribution < 1.29 is 4.74 Å². The number of rotatable bonds is 4. The molecule has 0 N–H and O–H groups in total. The summed E-state index contributed by atoms with van der Waals surface area (Å²) in [5.41, 5.74) is 3.65. The molecule has 0 radical (unpaired) electrons. The van der Waals surface area contributed by atoms with E-state index in [1.165, 1.54) is 19.3 Å². The van der Waals surface area contributed by atoms with Gasteiger partial charge in [0.2, 0.25) is 0 Å². The van der Waals surface area contributed by atoms with Crippen LogP contribution in [0.3, 0.4) is 0 Å². The van der Waals surface area contributed by atoms with Crippen LogP contribution in [0.4, 0.5) is 5.69 Å². The molecule has 2 atom stereocenters. The predicted molar refractivity (Wildman–Crippen MR) is 125 cm³/mol. The number of ether oxygens (including phenoxy) is 1. The van der Waals surface area contributed by atoms with Gasteiger partial charge in [-0.1, -0.05) is 11.6 Å². The van der Waals surface area contributed by atoms with Gasteiger partial charge in [-0.2, -0.15) is 10.2 Å². The smallest absolute Gasteiger partial charge is 0.103 e. The second kappa shape index (κ2) is 6.49. The van der Waals surface area contributed by atoms with Crippen LogP contribution in [0.25, 0.3) is 16.6 Å². The highest BCUT2D eigenvalue weighted by molar-refractivity contribution is 6.34. The van der Waals surface area contributed by atoms with Crippen molar-refractivity contribution in [1.29, 1.82) is 0 Å². The fourth-order valence-corrected chi connectivity index (χ4v) is 6.47. The number of anilines is 1. The van der Waals surface area contributed by atoms with E-state index in [-0.39, 0.29) is 5.54 Å². The van der Waals surface area contributed by atoms with Crippen LogP contribution in [0.2, 0.25) is 5.02 Å². The lowest BCUT2D eigenvalue weighted by molar-refractivity contribution is -0.186. The number of hydrogen-bond donors (Lipinski definition) is 0. The molecule has 0 amide bonds. The molecule has 2 aliphatic heterocycles. The molecule has 4 heterocycles. The highest BCUT2D eigenvalue weighted by atomic mass is 35.5. The first-order valence-corrected chi connectivity index (χ1v) is 12.2. The summed E-state index contributed by atoms with van der Waals surface area (Å²) in [6.07, 6.45) is 10.2. The molecular weight excluding hydrogens is 424 g/mol. The zero-order valence-corrected chi connectivity index (χ0v) is 19.4. The molecule has 32 heavy (non-hydrogen) atoms. The third-order valence-corrected chi connectivity index (χ3v) is 9.09. The first-order valence-electron chi connectivity index (χ1n) is 11.8. The number of halogens is 1. The molecule has 3 aromatic rings. The zero-order chi connectivity index (χ0) is 21.7. The summed E-state index contributed by atoms with van der Waals surface area (Å²) in [6.45, 7) is 9.29. The van der Waals surface area contributed by atoms with Crippen LogP contribution in [0.15, 0.2) is 30.7 Å². The maximum atomic E-state index is 6.75. The van der Waals surface area contributed by atoms with Crippen LogP contribution in [0.5, 0.6) is 0 Å². The molecule has 5 aliphatic rings. The van der Waals surface area contributed by atoms with Gasteiger partial charge in [-0.15, -0.1) is 0 Å². The number of nitrogens with zero attached hydrogens (tertiary/aromatic N) is 6. The van der Waals surface area contributed by atoms with Crippen molar-refractivity contribution in [2.45, 2.75) is 50.3 Å². The van der Waals surface area contributed by atoms with E-state index in [1.54, 1.807) is 0 Å². The summed E-state index contributed by atoms with van der Waals surface area (Å²) in [7, 11) is 0. The number of piperazine rings is 1. The van der Waals surface area contributed by atoms with Gasteiger partial charge in [0.15, 0.2) is 0 Å². The Balaban J connectivity index is 1.17. The Kier molecular flexibility index (Phi) is 3.93. The second-order valence-corrected chi connectivity index (χ2v) is 11.0. The van der Waals surface area contributed by atoms with Gasteiger partial charge in [0, 0.05) is 31.6 Å². The predicted octanol–water partition coefficient (Wildman–Crippen LogP) is 3.68. The van der Waals surface area contributed by atoms with Crippen LogP contribution in [0.1, 0.15) is 33.1 Å². The lowest BCUT2D eigenvalue weighted by atomic mass is 9.50. The van der Waals surface area contributed by atoms with E-state index in [4.69, 9.17) is 21.4 Å². The van der Waals surface area contributed by atoms with Crippen LogP contribution >= 0.6 is 11.6 Å². The van der Waals surface area contributed by atoms with Gasteiger partial charge in [0.25, 0.3) is 0 Å². The topological polar surface area (TPSA) is 51.4 Å². The molecule has 8 heteroatoms. The Hall–Kier alpha value is -2.09. The van der Waals surface area contributed by atoms with E-state index in [0.29, 0.717) is 11.6 Å². The van der Waals surface area contributed by atoms with E-state index >= 15 is 0 Å². The largest absolute Gasteiger partial charge is 0.374 e. The summed E-state index contributed by atoms with van der Waals surface area (Å²) in [4.78, 5) is 4.99. The fourth-order valence-electron chi connectivity index (χ4n) is 6.18. The van der Waals surface area contributed by atoms with Crippen molar-refractivity contribution in [2.75, 3.05) is 37.7 Å². The monoisotopic (exact) mass is 452 g/mol. The molecule has 2 aromatic heterocycles. The third-order valence-electron chi connectivity index (χ3n) is 8.79. The van der Waals surface area contributed by atoms with Crippen molar-refractivity contribution >= 4 is 28.2 Å². The van der Waals surface area contributed by atoms with Crippen LogP contribution in [0, 0.1) is 5.92 Å². The first-order chi connectivity index (χ1) is 15.5. The normalized spacial score (nSPS) is 34.3. The van der Waals surface area contributed by atoms with Gasteiger partial charge < -0.3 is 9.64 Å². The van der Waals surface area contributed by atoms with Gasteiger partial charge in [0.1, 0.15) is 5.69 Å². The maximum Gasteiger partial charge on any atom is 0.103 e.